The highest BCUT2D eigenvalue weighted by Gasteiger charge is 2.60. The molecule has 1 N–H and O–H groups in total. The van der Waals surface area contributed by atoms with Crippen LogP contribution in [-0.4, -0.2) is 18.3 Å². The van der Waals surface area contributed by atoms with Crippen LogP contribution in [0.5, 0.6) is 0 Å². The molecule has 0 aromatic heterocycles. The Kier molecular flexibility index (Phi) is 1.09. The SMILES string of the molecule is O/C=C1\CC12COCC1(CC1)C2. The fraction of sp³-hybridized carbons (Fsp3) is 0.800. The molecule has 1 aliphatic heterocycles. The number of aliphatic hydroxyl groups excluding tert-OH is 1. The van der Waals surface area contributed by atoms with Gasteiger partial charge >= 0.3 is 0 Å². The molecule has 66 valence electrons. The van der Waals surface area contributed by atoms with Gasteiger partial charge in [-0.15, -0.1) is 0 Å². The molecule has 3 fully saturated rings. The van der Waals surface area contributed by atoms with Crippen LogP contribution in [0, 0.1) is 10.8 Å². The van der Waals surface area contributed by atoms with Crippen molar-refractivity contribution in [3.8, 4) is 0 Å². The monoisotopic (exact) mass is 166 g/mol. The van der Waals surface area contributed by atoms with Crippen molar-refractivity contribution in [2.24, 2.45) is 10.8 Å². The van der Waals surface area contributed by atoms with Crippen molar-refractivity contribution in [3.63, 3.8) is 0 Å². The maximum absolute atomic E-state index is 8.90. The van der Waals surface area contributed by atoms with Gasteiger partial charge in [0, 0.05) is 5.41 Å². The smallest absolute Gasteiger partial charge is 0.0790 e. The Bertz CT molecular complexity index is 253. The first-order valence-electron chi connectivity index (χ1n) is 4.70. The Balaban J connectivity index is 1.81. The lowest BCUT2D eigenvalue weighted by Gasteiger charge is -2.28. The van der Waals surface area contributed by atoms with E-state index in [1.54, 1.807) is 0 Å². The Hall–Kier alpha value is -0.500. The van der Waals surface area contributed by atoms with E-state index in [0.717, 1.165) is 19.6 Å². The third kappa shape index (κ3) is 0.789. The molecule has 3 aliphatic rings. The predicted molar refractivity (Wildman–Crippen MR) is 44.9 cm³/mol. The number of aliphatic hydroxyl groups is 1. The van der Waals surface area contributed by atoms with Gasteiger partial charge in [0.15, 0.2) is 0 Å². The normalized spacial score (nSPS) is 45.5. The summed E-state index contributed by atoms with van der Waals surface area (Å²) in [5.41, 5.74) is 2.03. The fourth-order valence-electron chi connectivity index (χ4n) is 2.60. The second-order valence-electron chi connectivity index (χ2n) is 4.78. The van der Waals surface area contributed by atoms with E-state index < -0.39 is 0 Å². The van der Waals surface area contributed by atoms with E-state index in [1.807, 2.05) is 0 Å². The average Bonchev–Trinajstić information content (AvgIpc) is 2.94. The standard InChI is InChI=1S/C10H14O2/c11-4-8-3-10(8)5-9(1-2-9)6-12-7-10/h4,11H,1-3,5-7H2/b8-4+. The molecule has 1 unspecified atom stereocenters. The first-order chi connectivity index (χ1) is 5.79. The lowest BCUT2D eigenvalue weighted by Crippen LogP contribution is -2.28. The molecule has 1 heterocycles. The van der Waals surface area contributed by atoms with E-state index in [4.69, 9.17) is 9.84 Å². The van der Waals surface area contributed by atoms with Crippen molar-refractivity contribution < 1.29 is 9.84 Å². The summed E-state index contributed by atoms with van der Waals surface area (Å²) in [5.74, 6) is 0. The number of hydrogen-bond donors (Lipinski definition) is 1. The molecule has 2 spiro atoms. The van der Waals surface area contributed by atoms with E-state index in [2.05, 4.69) is 0 Å². The Morgan fingerprint density at radius 1 is 1.33 bits per heavy atom. The number of hydrogen-bond acceptors (Lipinski definition) is 2. The summed E-state index contributed by atoms with van der Waals surface area (Å²) < 4.78 is 5.61. The molecule has 1 saturated heterocycles. The van der Waals surface area contributed by atoms with Gasteiger partial charge in [0.2, 0.25) is 0 Å². The van der Waals surface area contributed by atoms with Crippen LogP contribution in [0.2, 0.25) is 0 Å². The molecular weight excluding hydrogens is 152 g/mol. The van der Waals surface area contributed by atoms with E-state index in [-0.39, 0.29) is 5.41 Å². The van der Waals surface area contributed by atoms with Gasteiger partial charge in [-0.3, -0.25) is 0 Å². The Morgan fingerprint density at radius 3 is 2.75 bits per heavy atom. The van der Waals surface area contributed by atoms with Crippen LogP contribution in [0.4, 0.5) is 0 Å². The molecular formula is C10H14O2. The lowest BCUT2D eigenvalue weighted by atomic mass is 9.87. The lowest BCUT2D eigenvalue weighted by molar-refractivity contribution is -0.00185. The first-order valence-corrected chi connectivity index (χ1v) is 4.70. The van der Waals surface area contributed by atoms with Crippen LogP contribution in [0.25, 0.3) is 0 Å². The second kappa shape index (κ2) is 1.87. The maximum Gasteiger partial charge on any atom is 0.0790 e. The van der Waals surface area contributed by atoms with Gasteiger partial charge < -0.3 is 9.84 Å². The van der Waals surface area contributed by atoms with Crippen LogP contribution in [0.15, 0.2) is 11.8 Å². The molecule has 12 heavy (non-hydrogen) atoms. The van der Waals surface area contributed by atoms with Crippen molar-refractivity contribution in [3.05, 3.63) is 11.8 Å². The molecule has 0 bridgehead atoms. The highest BCUT2D eigenvalue weighted by atomic mass is 16.5. The molecule has 0 aromatic carbocycles. The van der Waals surface area contributed by atoms with Gasteiger partial charge in [-0.05, 0) is 36.7 Å². The molecule has 1 atom stereocenters. The predicted octanol–water partition coefficient (Wildman–Crippen LogP) is 2.02. The van der Waals surface area contributed by atoms with Crippen LogP contribution in [0.3, 0.4) is 0 Å². The molecule has 2 saturated carbocycles. The first kappa shape index (κ1) is 6.96. The second-order valence-corrected chi connectivity index (χ2v) is 4.78. The minimum absolute atomic E-state index is 0.281. The molecule has 0 radical (unpaired) electrons. The van der Waals surface area contributed by atoms with Crippen LogP contribution in [0.1, 0.15) is 25.7 Å². The van der Waals surface area contributed by atoms with Gasteiger partial charge in [0.05, 0.1) is 19.5 Å². The van der Waals surface area contributed by atoms with Gasteiger partial charge in [-0.1, -0.05) is 0 Å². The Morgan fingerprint density at radius 2 is 2.17 bits per heavy atom. The zero-order chi connectivity index (χ0) is 8.23. The number of ether oxygens (including phenoxy) is 1. The zero-order valence-corrected chi connectivity index (χ0v) is 7.18. The molecule has 2 heteroatoms. The van der Waals surface area contributed by atoms with Crippen molar-refractivity contribution in [2.75, 3.05) is 13.2 Å². The number of rotatable bonds is 0. The largest absolute Gasteiger partial charge is 0.516 e. The average molecular weight is 166 g/mol. The van der Waals surface area contributed by atoms with Crippen LogP contribution >= 0.6 is 0 Å². The summed E-state index contributed by atoms with van der Waals surface area (Å²) in [6, 6.07) is 0. The minimum atomic E-state index is 0.281. The van der Waals surface area contributed by atoms with Crippen molar-refractivity contribution in [1.29, 1.82) is 0 Å². The van der Waals surface area contributed by atoms with Gasteiger partial charge in [0.25, 0.3) is 0 Å². The quantitative estimate of drug-likeness (QED) is 0.558. The highest BCUT2D eigenvalue weighted by molar-refractivity contribution is 5.33. The van der Waals surface area contributed by atoms with Crippen LogP contribution in [-0.2, 0) is 4.74 Å². The molecule has 0 amide bonds. The van der Waals surface area contributed by atoms with Gasteiger partial charge in [-0.2, -0.15) is 0 Å². The van der Waals surface area contributed by atoms with E-state index in [0.29, 0.717) is 5.41 Å². The Labute approximate surface area is 72.2 Å². The third-order valence-electron chi connectivity index (χ3n) is 3.70. The summed E-state index contributed by atoms with van der Waals surface area (Å²) in [7, 11) is 0. The summed E-state index contributed by atoms with van der Waals surface area (Å²) in [5, 5.41) is 8.90. The van der Waals surface area contributed by atoms with E-state index >= 15 is 0 Å². The summed E-state index contributed by atoms with van der Waals surface area (Å²) in [6.07, 6.45) is 6.32. The summed E-state index contributed by atoms with van der Waals surface area (Å²) >= 11 is 0. The molecule has 0 aromatic rings. The minimum Gasteiger partial charge on any atom is -0.516 e. The van der Waals surface area contributed by atoms with Crippen LogP contribution < -0.4 is 0 Å². The molecule has 3 rings (SSSR count). The zero-order valence-electron chi connectivity index (χ0n) is 7.18. The maximum atomic E-state index is 8.90. The highest BCUT2D eigenvalue weighted by Crippen LogP contribution is 2.66. The fourth-order valence-corrected chi connectivity index (χ4v) is 2.60. The van der Waals surface area contributed by atoms with Gasteiger partial charge in [0.1, 0.15) is 0 Å². The van der Waals surface area contributed by atoms with Crippen molar-refractivity contribution in [2.45, 2.75) is 25.7 Å². The van der Waals surface area contributed by atoms with Crippen molar-refractivity contribution in [1.82, 2.24) is 0 Å². The van der Waals surface area contributed by atoms with Crippen molar-refractivity contribution >= 4 is 0 Å². The molecule has 2 aliphatic carbocycles. The topological polar surface area (TPSA) is 29.5 Å². The summed E-state index contributed by atoms with van der Waals surface area (Å²) in [6.45, 7) is 1.81. The molecule has 2 nitrogen and oxygen atoms in total. The third-order valence-corrected chi connectivity index (χ3v) is 3.70. The summed E-state index contributed by atoms with van der Waals surface area (Å²) in [4.78, 5) is 0. The van der Waals surface area contributed by atoms with Gasteiger partial charge in [-0.25, -0.2) is 0 Å². The van der Waals surface area contributed by atoms with E-state index in [1.165, 1.54) is 31.1 Å². The van der Waals surface area contributed by atoms with E-state index in [9.17, 15) is 0 Å².